The summed E-state index contributed by atoms with van der Waals surface area (Å²) in [7, 11) is -3.19. The van der Waals surface area contributed by atoms with Crippen molar-refractivity contribution in [1.82, 2.24) is 9.97 Å². The van der Waals surface area contributed by atoms with Crippen LogP contribution in [0.3, 0.4) is 0 Å². The molecular formula is C23H26N4O5S. The van der Waals surface area contributed by atoms with E-state index >= 15 is 0 Å². The van der Waals surface area contributed by atoms with Crippen LogP contribution in [0.2, 0.25) is 0 Å². The van der Waals surface area contributed by atoms with E-state index < -0.39 is 16.1 Å². The summed E-state index contributed by atoms with van der Waals surface area (Å²) in [5.74, 6) is -0.426. The summed E-state index contributed by atoms with van der Waals surface area (Å²) in [5, 5.41) is 0. The molecule has 2 aromatic carbocycles. The van der Waals surface area contributed by atoms with Crippen molar-refractivity contribution in [2.75, 3.05) is 23.8 Å². The highest BCUT2D eigenvalue weighted by Gasteiger charge is 2.38. The van der Waals surface area contributed by atoms with E-state index in [1.54, 1.807) is 49.4 Å². The number of nitrogen functional groups attached to an aromatic ring is 1. The average molecular weight is 471 g/mol. The quantitative estimate of drug-likeness (QED) is 0.513. The van der Waals surface area contributed by atoms with Gasteiger partial charge in [-0.25, -0.2) is 23.2 Å². The molecule has 0 radical (unpaired) electrons. The van der Waals surface area contributed by atoms with Crippen molar-refractivity contribution in [3.05, 3.63) is 60.4 Å². The minimum atomic E-state index is -4.50. The largest absolute Gasteiger partial charge is 0.478 e. The number of carbonyl (C=O) groups excluding carboxylic acids is 1. The topological polar surface area (TPSA) is 125 Å². The lowest BCUT2D eigenvalue weighted by molar-refractivity contribution is 0.143. The lowest BCUT2D eigenvalue weighted by atomic mass is 10.1. The summed E-state index contributed by atoms with van der Waals surface area (Å²) >= 11 is 0. The zero-order valence-corrected chi connectivity index (χ0v) is 19.7. The Bertz CT molecular complexity index is 1260. The fourth-order valence-corrected chi connectivity index (χ4v) is 4.57. The van der Waals surface area contributed by atoms with Crippen LogP contribution in [0.5, 0.6) is 5.88 Å². The highest BCUT2D eigenvalue weighted by Crippen LogP contribution is 2.35. The van der Waals surface area contributed by atoms with Crippen LogP contribution in [-0.4, -0.2) is 38.2 Å². The third-order valence-corrected chi connectivity index (χ3v) is 6.25. The van der Waals surface area contributed by atoms with Gasteiger partial charge in [0.2, 0.25) is 5.82 Å². The Morgan fingerprint density at radius 1 is 1.15 bits per heavy atom. The predicted molar refractivity (Wildman–Crippen MR) is 125 cm³/mol. The van der Waals surface area contributed by atoms with Crippen molar-refractivity contribution in [1.29, 1.82) is 0 Å². The Morgan fingerprint density at radius 3 is 2.55 bits per heavy atom. The highest BCUT2D eigenvalue weighted by molar-refractivity contribution is 7.93. The molecule has 33 heavy (non-hydrogen) atoms. The second-order valence-corrected chi connectivity index (χ2v) is 9.46. The molecule has 174 valence electrons. The molecule has 0 bridgehead atoms. The molecule has 3 rings (SSSR count). The number of nitrogens with two attached hydrogens (primary N) is 1. The number of nitrogens with zero attached hydrogens (tertiary/aromatic N) is 3. The van der Waals surface area contributed by atoms with Gasteiger partial charge in [0.1, 0.15) is 0 Å². The lowest BCUT2D eigenvalue weighted by Gasteiger charge is -2.24. The van der Waals surface area contributed by atoms with Crippen LogP contribution in [0, 0.1) is 12.8 Å². The molecule has 10 heteroatoms. The van der Waals surface area contributed by atoms with Crippen LogP contribution < -0.4 is 14.8 Å². The lowest BCUT2D eigenvalue weighted by Crippen LogP contribution is -2.39. The van der Waals surface area contributed by atoms with Crippen molar-refractivity contribution in [2.24, 2.45) is 5.92 Å². The van der Waals surface area contributed by atoms with Gasteiger partial charge in [-0.2, -0.15) is 0 Å². The Labute approximate surface area is 193 Å². The summed E-state index contributed by atoms with van der Waals surface area (Å²) in [6, 6.07) is 13.1. The molecule has 0 fully saturated rings. The number of sulfonamides is 1. The number of amides is 1. The van der Waals surface area contributed by atoms with Gasteiger partial charge in [-0.05, 0) is 36.6 Å². The van der Waals surface area contributed by atoms with Crippen LogP contribution in [0.1, 0.15) is 19.5 Å². The monoisotopic (exact) mass is 470 g/mol. The van der Waals surface area contributed by atoms with E-state index in [-0.39, 0.29) is 29.1 Å². The second kappa shape index (κ2) is 9.86. The number of carbonyl (C=O) groups is 1. The van der Waals surface area contributed by atoms with E-state index in [1.165, 1.54) is 19.4 Å². The maximum atomic E-state index is 13.9. The Hall–Kier alpha value is -3.66. The van der Waals surface area contributed by atoms with Gasteiger partial charge in [-0.3, -0.25) is 0 Å². The zero-order valence-electron chi connectivity index (χ0n) is 18.8. The first-order valence-electron chi connectivity index (χ1n) is 10.2. The third-order valence-electron chi connectivity index (χ3n) is 4.54. The summed E-state index contributed by atoms with van der Waals surface area (Å²) in [6.45, 7) is 5.37. The normalized spacial score (nSPS) is 11.3. The molecule has 3 aromatic rings. The van der Waals surface area contributed by atoms with Gasteiger partial charge in [0.05, 0.1) is 30.5 Å². The van der Waals surface area contributed by atoms with Crippen LogP contribution in [0.15, 0.2) is 59.6 Å². The van der Waals surface area contributed by atoms with Gasteiger partial charge in [0.15, 0.2) is 0 Å². The Kier molecular flexibility index (Phi) is 7.17. The Balaban J connectivity index is 2.22. The molecule has 0 aliphatic carbocycles. The van der Waals surface area contributed by atoms with Crippen LogP contribution >= 0.6 is 0 Å². The van der Waals surface area contributed by atoms with Crippen molar-refractivity contribution in [2.45, 2.75) is 25.7 Å². The van der Waals surface area contributed by atoms with Gasteiger partial charge in [0, 0.05) is 11.3 Å². The molecular weight excluding hydrogens is 444 g/mol. The van der Waals surface area contributed by atoms with Gasteiger partial charge in [-0.1, -0.05) is 44.2 Å². The molecule has 0 spiro atoms. The van der Waals surface area contributed by atoms with E-state index in [1.807, 2.05) is 13.8 Å². The number of methoxy groups -OCH3 is 1. The molecule has 0 unspecified atom stereocenters. The maximum absolute atomic E-state index is 13.9. The molecule has 0 aliphatic heterocycles. The minimum absolute atomic E-state index is 0.0101. The number of ether oxygens (including phenoxy) is 2. The predicted octanol–water partition coefficient (Wildman–Crippen LogP) is 4.03. The summed E-state index contributed by atoms with van der Waals surface area (Å²) < 4.78 is 38.9. The van der Waals surface area contributed by atoms with Crippen LogP contribution in [-0.2, 0) is 14.8 Å². The number of aryl methyl sites for hydroxylation is 1. The molecule has 1 heterocycles. The summed E-state index contributed by atoms with van der Waals surface area (Å²) in [5.41, 5.74) is 7.81. The minimum Gasteiger partial charge on any atom is -0.478 e. The molecule has 0 aliphatic rings. The molecule has 0 saturated carbocycles. The number of rotatable bonds is 7. The SMILES string of the molecule is COc1nc(C)cnc1N(C(=O)OCC(C)C)S(=O)(=O)c1ccccc1-c1cccc(N)c1. The zero-order chi connectivity index (χ0) is 24.2. The molecule has 0 saturated heterocycles. The summed E-state index contributed by atoms with van der Waals surface area (Å²) in [6.07, 6.45) is 0.238. The van der Waals surface area contributed by atoms with E-state index in [9.17, 15) is 13.2 Å². The first-order valence-corrected chi connectivity index (χ1v) is 11.6. The number of aromatic nitrogens is 2. The van der Waals surface area contributed by atoms with E-state index in [0.717, 1.165) is 0 Å². The van der Waals surface area contributed by atoms with E-state index in [4.69, 9.17) is 15.2 Å². The fraction of sp³-hybridized carbons (Fsp3) is 0.261. The number of anilines is 2. The fourth-order valence-electron chi connectivity index (χ4n) is 3.05. The molecule has 2 N–H and O–H groups in total. The molecule has 0 atom stereocenters. The number of hydrogen-bond acceptors (Lipinski definition) is 8. The Morgan fingerprint density at radius 2 is 1.88 bits per heavy atom. The van der Waals surface area contributed by atoms with Crippen molar-refractivity contribution in [3.63, 3.8) is 0 Å². The first-order chi connectivity index (χ1) is 15.6. The van der Waals surface area contributed by atoms with Gasteiger partial charge in [-0.15, -0.1) is 4.31 Å². The molecule has 9 nitrogen and oxygen atoms in total. The first kappa shape index (κ1) is 24.0. The summed E-state index contributed by atoms with van der Waals surface area (Å²) in [4.78, 5) is 21.3. The average Bonchev–Trinajstić information content (AvgIpc) is 2.78. The van der Waals surface area contributed by atoms with Crippen molar-refractivity contribution in [3.8, 4) is 17.0 Å². The second-order valence-electron chi connectivity index (χ2n) is 7.71. The van der Waals surface area contributed by atoms with Gasteiger partial charge < -0.3 is 15.2 Å². The van der Waals surface area contributed by atoms with Crippen LogP contribution in [0.25, 0.3) is 11.1 Å². The highest BCUT2D eigenvalue weighted by atomic mass is 32.2. The number of hydrogen-bond donors (Lipinski definition) is 1. The standard InChI is InChI=1S/C23H26N4O5S/c1-15(2)14-32-23(28)27(21-22(31-4)26-16(3)13-25-21)33(29,30)20-11-6-5-10-19(20)17-8-7-9-18(24)12-17/h5-13,15H,14,24H2,1-4H3. The van der Waals surface area contributed by atoms with E-state index in [2.05, 4.69) is 9.97 Å². The maximum Gasteiger partial charge on any atom is 0.430 e. The van der Waals surface area contributed by atoms with Crippen molar-refractivity contribution >= 4 is 27.6 Å². The molecule has 1 aromatic heterocycles. The van der Waals surface area contributed by atoms with Gasteiger partial charge >= 0.3 is 6.09 Å². The van der Waals surface area contributed by atoms with Gasteiger partial charge in [0.25, 0.3) is 15.9 Å². The molecule has 1 amide bonds. The number of benzene rings is 2. The van der Waals surface area contributed by atoms with E-state index in [0.29, 0.717) is 26.8 Å². The van der Waals surface area contributed by atoms with Crippen LogP contribution in [0.4, 0.5) is 16.3 Å². The van der Waals surface area contributed by atoms with Crippen molar-refractivity contribution < 1.29 is 22.7 Å². The smallest absolute Gasteiger partial charge is 0.430 e. The third kappa shape index (κ3) is 5.23.